The van der Waals surface area contributed by atoms with E-state index in [1.165, 1.54) is 0 Å². The van der Waals surface area contributed by atoms with E-state index < -0.39 is 59.9 Å². The molecule has 1 aliphatic rings. The molecule has 242 valence electrons. The Morgan fingerprint density at radius 3 is 1.27 bits per heavy atom. The second-order valence-electron chi connectivity index (χ2n) is 9.28. The fraction of sp³-hybridized carbons (Fsp3) is 0.739. The van der Waals surface area contributed by atoms with Gasteiger partial charge in [0, 0.05) is 12.2 Å². The second-order valence-corrected chi connectivity index (χ2v) is 9.65. The summed E-state index contributed by atoms with van der Waals surface area (Å²) in [6.07, 6.45) is 1.91. The fourth-order valence-electron chi connectivity index (χ4n) is 1.96. The van der Waals surface area contributed by atoms with Crippen molar-refractivity contribution >= 4 is 48.4 Å². The topological polar surface area (TPSA) is 346 Å². The van der Waals surface area contributed by atoms with Crippen LogP contribution in [0.4, 0.5) is 0 Å². The minimum atomic E-state index is -1.11. The van der Waals surface area contributed by atoms with Crippen LogP contribution in [0.5, 0.6) is 0 Å². The Balaban J connectivity index is -0.000000210. The molecule has 0 aliphatic carbocycles. The molecule has 1 aliphatic heterocycles. The van der Waals surface area contributed by atoms with Crippen LogP contribution in [0.1, 0.15) is 53.4 Å². The van der Waals surface area contributed by atoms with E-state index in [0.717, 1.165) is 19.4 Å². The highest BCUT2D eigenvalue weighted by Gasteiger charge is 2.20. The third kappa shape index (κ3) is 29.8. The van der Waals surface area contributed by atoms with Gasteiger partial charge in [-0.2, -0.15) is 12.6 Å². The Morgan fingerprint density at radius 1 is 0.756 bits per heavy atom. The summed E-state index contributed by atoms with van der Waals surface area (Å²) in [6, 6.07) is -3.49. The van der Waals surface area contributed by atoms with Gasteiger partial charge in [0.05, 0.1) is 0 Å². The van der Waals surface area contributed by atoms with Crippen molar-refractivity contribution in [1.82, 2.24) is 5.32 Å². The number of carboxylic acid groups (broad SMARTS) is 5. The number of carbonyl (C=O) groups is 6. The van der Waals surface area contributed by atoms with Gasteiger partial charge in [0.15, 0.2) is 0 Å². The van der Waals surface area contributed by atoms with Crippen LogP contribution in [0, 0.1) is 11.8 Å². The first-order chi connectivity index (χ1) is 18.6. The number of nitrogens with one attached hydrogen (secondary N) is 1. The lowest BCUT2D eigenvalue weighted by Crippen LogP contribution is -2.34. The van der Waals surface area contributed by atoms with E-state index in [1.807, 2.05) is 0 Å². The monoisotopic (exact) mass is 616 g/mol. The average molecular weight is 617 g/mol. The molecule has 1 amide bonds. The van der Waals surface area contributed by atoms with Crippen LogP contribution < -0.4 is 34.0 Å². The van der Waals surface area contributed by atoms with Crippen molar-refractivity contribution < 1.29 is 54.3 Å². The van der Waals surface area contributed by atoms with Crippen molar-refractivity contribution in [3.63, 3.8) is 0 Å². The molecule has 1 saturated heterocycles. The van der Waals surface area contributed by atoms with E-state index in [0.29, 0.717) is 0 Å². The predicted octanol–water partition coefficient (Wildman–Crippen LogP) is -2.08. The molecule has 16 N–H and O–H groups in total. The van der Waals surface area contributed by atoms with Crippen molar-refractivity contribution in [3.05, 3.63) is 0 Å². The van der Waals surface area contributed by atoms with E-state index in [2.05, 4.69) is 17.9 Å². The normalized spacial score (nSPS) is 16.3. The van der Waals surface area contributed by atoms with Gasteiger partial charge in [-0.3, -0.25) is 28.8 Å². The van der Waals surface area contributed by atoms with E-state index in [4.69, 9.17) is 54.2 Å². The van der Waals surface area contributed by atoms with E-state index in [1.54, 1.807) is 27.7 Å². The molecular weight excluding hydrogens is 568 g/mol. The zero-order valence-electron chi connectivity index (χ0n) is 23.8. The van der Waals surface area contributed by atoms with Gasteiger partial charge < -0.3 is 59.5 Å². The SMILES string of the molecule is CC(C)[C@H](N)C(=O)O.CC(C)[C@H](N)C(=O)O.NC(=O)CC[C@H](N)C(=O)O.N[C@@H](CS)C(=O)O.O=C(O)[C@@H]1CCCN1. The Hall–Kier alpha value is -3.03. The quantitative estimate of drug-likeness (QED) is 0.111. The van der Waals surface area contributed by atoms with E-state index in [-0.39, 0.29) is 36.5 Å². The lowest BCUT2D eigenvalue weighted by Gasteiger charge is -2.07. The van der Waals surface area contributed by atoms with Crippen molar-refractivity contribution in [2.75, 3.05) is 12.3 Å². The Bertz CT molecular complexity index is 756. The van der Waals surface area contributed by atoms with Crippen LogP contribution in [0.2, 0.25) is 0 Å². The molecule has 18 heteroatoms. The van der Waals surface area contributed by atoms with Crippen molar-refractivity contribution in [2.24, 2.45) is 40.5 Å². The number of nitrogens with two attached hydrogens (primary N) is 5. The first-order valence-electron chi connectivity index (χ1n) is 12.4. The van der Waals surface area contributed by atoms with Crippen molar-refractivity contribution in [2.45, 2.75) is 83.6 Å². The Labute approximate surface area is 244 Å². The maximum atomic E-state index is 10.1. The molecule has 0 radical (unpaired) electrons. The fourth-order valence-corrected chi connectivity index (χ4v) is 2.12. The molecule has 41 heavy (non-hydrogen) atoms. The van der Waals surface area contributed by atoms with Crippen LogP contribution in [-0.2, 0) is 28.8 Å². The molecule has 0 unspecified atom stereocenters. The second kappa shape index (κ2) is 25.9. The summed E-state index contributed by atoms with van der Waals surface area (Å²) >= 11 is 3.65. The number of aliphatic carboxylic acids is 5. The van der Waals surface area contributed by atoms with Crippen molar-refractivity contribution in [3.8, 4) is 0 Å². The summed E-state index contributed by atoms with van der Waals surface area (Å²) in [5.74, 6) is -4.99. The molecule has 0 bridgehead atoms. The third-order valence-corrected chi connectivity index (χ3v) is 5.29. The summed E-state index contributed by atoms with van der Waals surface area (Å²) in [5.41, 5.74) is 25.1. The van der Waals surface area contributed by atoms with E-state index >= 15 is 0 Å². The Morgan fingerprint density at radius 2 is 1.15 bits per heavy atom. The number of primary amides is 1. The van der Waals surface area contributed by atoms with Gasteiger partial charge in [-0.15, -0.1) is 0 Å². The number of rotatable bonds is 11. The van der Waals surface area contributed by atoms with Crippen LogP contribution in [-0.4, -0.2) is 104 Å². The number of hydrogen-bond acceptors (Lipinski definition) is 12. The molecule has 17 nitrogen and oxygen atoms in total. The largest absolute Gasteiger partial charge is 0.480 e. The summed E-state index contributed by atoms with van der Waals surface area (Å²) in [4.78, 5) is 60.1. The molecule has 0 spiro atoms. The average Bonchev–Trinajstić information content (AvgIpc) is 3.42. The zero-order valence-corrected chi connectivity index (χ0v) is 24.7. The van der Waals surface area contributed by atoms with Gasteiger partial charge in [0.1, 0.15) is 30.2 Å². The highest BCUT2D eigenvalue weighted by Crippen LogP contribution is 2.03. The molecule has 5 atom stereocenters. The summed E-state index contributed by atoms with van der Waals surface area (Å²) in [7, 11) is 0. The van der Waals surface area contributed by atoms with Gasteiger partial charge in [-0.1, -0.05) is 27.7 Å². The smallest absolute Gasteiger partial charge is 0.321 e. The summed E-state index contributed by atoms with van der Waals surface area (Å²) in [5, 5.41) is 43.9. The highest BCUT2D eigenvalue weighted by molar-refractivity contribution is 7.80. The third-order valence-electron chi connectivity index (χ3n) is 4.90. The first kappa shape index (κ1) is 45.0. The summed E-state index contributed by atoms with van der Waals surface area (Å²) < 4.78 is 0. The maximum Gasteiger partial charge on any atom is 0.321 e. The molecule has 1 heterocycles. The molecule has 0 aromatic heterocycles. The number of carboxylic acids is 5. The maximum absolute atomic E-state index is 10.1. The van der Waals surface area contributed by atoms with Crippen molar-refractivity contribution in [1.29, 1.82) is 0 Å². The predicted molar refractivity (Wildman–Crippen MR) is 153 cm³/mol. The standard InChI is InChI=1S/C5H10N2O3.C5H9NO2.2C5H11NO2.C3H7NO2S/c6-3(5(9)10)1-2-4(7)8;7-5(8)4-2-1-3-6-4;2*1-3(2)4(6)5(7)8;4-2(1-7)3(5)6/h3H,1-2,6H2,(H2,7,8)(H,9,10);4,6H,1-3H2,(H,7,8);2*3-4H,6H2,1-2H3,(H,7,8);2,7H,1,4H2,(H,5,6)/t3-;3*4-;2-/m00000/s1. The minimum Gasteiger partial charge on any atom is -0.480 e. The number of carbonyl (C=O) groups excluding carboxylic acids is 1. The van der Waals surface area contributed by atoms with Gasteiger partial charge in [0.2, 0.25) is 5.91 Å². The molecular formula is C23H48N6O11S. The first-order valence-corrected chi connectivity index (χ1v) is 13.1. The molecule has 1 fully saturated rings. The lowest BCUT2D eigenvalue weighted by atomic mass is 10.1. The number of amides is 1. The minimum absolute atomic E-state index is 0.0208. The highest BCUT2D eigenvalue weighted by atomic mass is 32.1. The summed E-state index contributed by atoms with van der Waals surface area (Å²) in [6.45, 7) is 7.96. The molecule has 0 saturated carbocycles. The number of thiol groups is 1. The van der Waals surface area contributed by atoms with Crippen LogP contribution >= 0.6 is 12.6 Å². The van der Waals surface area contributed by atoms with Crippen LogP contribution in [0.3, 0.4) is 0 Å². The zero-order chi connectivity index (χ0) is 33.5. The lowest BCUT2D eigenvalue weighted by molar-refractivity contribution is -0.140. The van der Waals surface area contributed by atoms with Gasteiger partial charge >= 0.3 is 29.8 Å². The van der Waals surface area contributed by atoms with Crippen LogP contribution in [0.25, 0.3) is 0 Å². The van der Waals surface area contributed by atoms with Gasteiger partial charge in [0.25, 0.3) is 0 Å². The van der Waals surface area contributed by atoms with Gasteiger partial charge in [-0.25, -0.2) is 0 Å². The molecule has 0 aromatic carbocycles. The van der Waals surface area contributed by atoms with Crippen LogP contribution in [0.15, 0.2) is 0 Å². The van der Waals surface area contributed by atoms with E-state index in [9.17, 15) is 28.8 Å². The van der Waals surface area contributed by atoms with Gasteiger partial charge in [-0.05, 0) is 37.6 Å². The molecule has 1 rings (SSSR count). The number of hydrogen-bond donors (Lipinski definition) is 12. The Kier molecular flexibility index (Phi) is 28.4. The molecule has 0 aromatic rings.